The van der Waals surface area contributed by atoms with E-state index in [2.05, 4.69) is 26.0 Å². The van der Waals surface area contributed by atoms with Crippen LogP contribution in [0.3, 0.4) is 0 Å². The van der Waals surface area contributed by atoms with Crippen molar-refractivity contribution >= 4 is 0 Å². The lowest BCUT2D eigenvalue weighted by atomic mass is 10.0. The zero-order valence-electron chi connectivity index (χ0n) is 21.2. The zero-order chi connectivity index (χ0) is 21.8. The van der Waals surface area contributed by atoms with Gasteiger partial charge in [0.1, 0.15) is 0 Å². The molecule has 0 aliphatic heterocycles. The fourth-order valence-electron chi connectivity index (χ4n) is 4.37. The van der Waals surface area contributed by atoms with Crippen molar-refractivity contribution in [2.24, 2.45) is 0 Å². The van der Waals surface area contributed by atoms with Gasteiger partial charge in [-0.15, -0.1) is 0 Å². The van der Waals surface area contributed by atoms with E-state index in [4.69, 9.17) is 0 Å². The van der Waals surface area contributed by atoms with E-state index in [0.717, 1.165) is 6.42 Å². The summed E-state index contributed by atoms with van der Waals surface area (Å²) in [6, 6.07) is 0. The van der Waals surface area contributed by atoms with Crippen LogP contribution in [0.5, 0.6) is 0 Å². The van der Waals surface area contributed by atoms with Crippen LogP contribution in [0.1, 0.15) is 174 Å². The molecule has 0 aromatic heterocycles. The summed E-state index contributed by atoms with van der Waals surface area (Å²) >= 11 is 0. The van der Waals surface area contributed by atoms with Crippen molar-refractivity contribution in [2.75, 3.05) is 0 Å². The van der Waals surface area contributed by atoms with Gasteiger partial charge in [0, 0.05) is 0 Å². The molecule has 179 valence electrons. The standard InChI is InChI=1S/C30H59/c1-3-5-7-9-11-13-15-17-19-21-23-25-27-29-30-28-26-24-22-20-18-16-14-12-10-8-6-4-2/h17,19H,1,3-16,18,20-30H2,2H3. The Morgan fingerprint density at radius 3 is 0.933 bits per heavy atom. The van der Waals surface area contributed by atoms with Gasteiger partial charge in [0.15, 0.2) is 0 Å². The van der Waals surface area contributed by atoms with Crippen LogP contribution in [0.25, 0.3) is 0 Å². The van der Waals surface area contributed by atoms with E-state index in [1.807, 2.05) is 0 Å². The van der Waals surface area contributed by atoms with Crippen LogP contribution >= 0.6 is 0 Å². The Morgan fingerprint density at radius 1 is 0.367 bits per heavy atom. The summed E-state index contributed by atoms with van der Waals surface area (Å²) in [5.74, 6) is 0. The molecule has 0 aromatic carbocycles. The van der Waals surface area contributed by atoms with Crippen molar-refractivity contribution in [3.8, 4) is 0 Å². The number of hydrogen-bond donors (Lipinski definition) is 0. The summed E-state index contributed by atoms with van der Waals surface area (Å²) in [5, 5.41) is 0. The van der Waals surface area contributed by atoms with Crippen LogP contribution < -0.4 is 0 Å². The fraction of sp³-hybridized carbons (Fsp3) is 0.900. The molecule has 0 saturated heterocycles. The highest BCUT2D eigenvalue weighted by molar-refractivity contribution is 4.81. The maximum absolute atomic E-state index is 3.91. The minimum atomic E-state index is 1.11. The number of allylic oxidation sites excluding steroid dienone is 2. The Bertz CT molecular complexity index is 303. The van der Waals surface area contributed by atoms with Gasteiger partial charge in [0.05, 0.1) is 0 Å². The number of unbranched alkanes of at least 4 members (excludes halogenated alkanes) is 24. The Labute approximate surface area is 193 Å². The summed E-state index contributed by atoms with van der Waals surface area (Å²) in [4.78, 5) is 0. The van der Waals surface area contributed by atoms with Crippen LogP contribution in [0.4, 0.5) is 0 Å². The summed E-state index contributed by atoms with van der Waals surface area (Å²) in [6.45, 7) is 6.21. The molecular formula is C30H59. The molecule has 0 aromatic rings. The third-order valence-corrected chi connectivity index (χ3v) is 6.51. The lowest BCUT2D eigenvalue weighted by Gasteiger charge is -2.03. The molecule has 0 spiro atoms. The first-order valence-electron chi connectivity index (χ1n) is 14.4. The SMILES string of the molecule is [CH2]CCCCCCCC=CCCCCCCCCCCCCCCCCCCCC. The molecule has 0 heterocycles. The maximum Gasteiger partial charge on any atom is -0.0351 e. The summed E-state index contributed by atoms with van der Waals surface area (Å²) in [5.41, 5.74) is 0. The zero-order valence-corrected chi connectivity index (χ0v) is 21.2. The first-order valence-corrected chi connectivity index (χ1v) is 14.4. The van der Waals surface area contributed by atoms with Crippen molar-refractivity contribution in [2.45, 2.75) is 174 Å². The van der Waals surface area contributed by atoms with E-state index in [0.29, 0.717) is 0 Å². The quantitative estimate of drug-likeness (QED) is 0.0965. The van der Waals surface area contributed by atoms with Gasteiger partial charge in [0.25, 0.3) is 0 Å². The van der Waals surface area contributed by atoms with Crippen LogP contribution in [0, 0.1) is 6.92 Å². The van der Waals surface area contributed by atoms with Gasteiger partial charge in [-0.05, 0) is 25.7 Å². The predicted octanol–water partition coefficient (Wildman–Crippen LogP) is 11.5. The molecular weight excluding hydrogens is 360 g/mol. The van der Waals surface area contributed by atoms with Gasteiger partial charge in [-0.3, -0.25) is 0 Å². The molecule has 30 heavy (non-hydrogen) atoms. The van der Waals surface area contributed by atoms with Gasteiger partial charge in [-0.25, -0.2) is 0 Å². The molecule has 0 aliphatic rings. The van der Waals surface area contributed by atoms with Crippen LogP contribution in [-0.2, 0) is 0 Å². The second kappa shape index (κ2) is 28.7. The Balaban J connectivity index is 3.04. The monoisotopic (exact) mass is 419 g/mol. The third-order valence-electron chi connectivity index (χ3n) is 6.51. The highest BCUT2D eigenvalue weighted by atomic mass is 14.0. The second-order valence-electron chi connectivity index (χ2n) is 9.68. The fourth-order valence-corrected chi connectivity index (χ4v) is 4.37. The first kappa shape index (κ1) is 29.7. The minimum Gasteiger partial charge on any atom is -0.0885 e. The molecule has 0 N–H and O–H groups in total. The van der Waals surface area contributed by atoms with Gasteiger partial charge < -0.3 is 0 Å². The summed E-state index contributed by atoms with van der Waals surface area (Å²) < 4.78 is 0. The van der Waals surface area contributed by atoms with Gasteiger partial charge in [-0.2, -0.15) is 0 Å². The number of hydrogen-bond acceptors (Lipinski definition) is 0. The van der Waals surface area contributed by atoms with E-state index < -0.39 is 0 Å². The van der Waals surface area contributed by atoms with Crippen LogP contribution in [-0.4, -0.2) is 0 Å². The molecule has 0 fully saturated rings. The number of rotatable bonds is 26. The van der Waals surface area contributed by atoms with Crippen molar-refractivity contribution in [3.63, 3.8) is 0 Å². The molecule has 0 bridgehead atoms. The van der Waals surface area contributed by atoms with Crippen LogP contribution in [0.2, 0.25) is 0 Å². The van der Waals surface area contributed by atoms with E-state index in [1.165, 1.54) is 161 Å². The Morgan fingerprint density at radius 2 is 0.633 bits per heavy atom. The van der Waals surface area contributed by atoms with E-state index in [-0.39, 0.29) is 0 Å². The Kier molecular flexibility index (Phi) is 28.5. The normalized spacial score (nSPS) is 11.7. The van der Waals surface area contributed by atoms with Crippen molar-refractivity contribution in [3.05, 3.63) is 19.1 Å². The molecule has 0 unspecified atom stereocenters. The lowest BCUT2D eigenvalue weighted by Crippen LogP contribution is -1.84. The van der Waals surface area contributed by atoms with Gasteiger partial charge in [-0.1, -0.05) is 167 Å². The highest BCUT2D eigenvalue weighted by Gasteiger charge is 1.95. The van der Waals surface area contributed by atoms with Crippen molar-refractivity contribution < 1.29 is 0 Å². The van der Waals surface area contributed by atoms with E-state index in [9.17, 15) is 0 Å². The molecule has 0 saturated carbocycles. The van der Waals surface area contributed by atoms with Gasteiger partial charge in [0.2, 0.25) is 0 Å². The van der Waals surface area contributed by atoms with E-state index in [1.54, 1.807) is 0 Å². The lowest BCUT2D eigenvalue weighted by molar-refractivity contribution is 0.525. The average molecular weight is 420 g/mol. The largest absolute Gasteiger partial charge is 0.0885 e. The second-order valence-corrected chi connectivity index (χ2v) is 9.68. The van der Waals surface area contributed by atoms with Gasteiger partial charge >= 0.3 is 0 Å². The van der Waals surface area contributed by atoms with Crippen LogP contribution in [0.15, 0.2) is 12.2 Å². The molecule has 0 aliphatic carbocycles. The molecule has 0 rings (SSSR count). The average Bonchev–Trinajstić information content (AvgIpc) is 2.76. The van der Waals surface area contributed by atoms with Crippen molar-refractivity contribution in [1.29, 1.82) is 0 Å². The van der Waals surface area contributed by atoms with Crippen molar-refractivity contribution in [1.82, 2.24) is 0 Å². The molecule has 0 heteroatoms. The topological polar surface area (TPSA) is 0 Å². The molecule has 0 atom stereocenters. The maximum atomic E-state index is 3.91. The molecule has 0 amide bonds. The minimum absolute atomic E-state index is 1.11. The highest BCUT2D eigenvalue weighted by Crippen LogP contribution is 2.15. The smallest absolute Gasteiger partial charge is 0.0351 e. The summed E-state index contributed by atoms with van der Waals surface area (Å²) in [7, 11) is 0. The summed E-state index contributed by atoms with van der Waals surface area (Å²) in [6.07, 6.45) is 41.8. The predicted molar refractivity (Wildman–Crippen MR) is 140 cm³/mol. The van der Waals surface area contributed by atoms with E-state index >= 15 is 0 Å². The first-order chi connectivity index (χ1) is 14.9. The molecule has 1 radical (unpaired) electrons. The third kappa shape index (κ3) is 27.7. The Hall–Kier alpha value is -0.260. The molecule has 0 nitrogen and oxygen atoms in total.